The lowest BCUT2D eigenvalue weighted by atomic mass is 9.96. The summed E-state index contributed by atoms with van der Waals surface area (Å²) in [4.78, 5) is 24.4. The number of rotatable bonds is 4. The van der Waals surface area contributed by atoms with Gasteiger partial charge in [-0.3, -0.25) is 9.59 Å². The van der Waals surface area contributed by atoms with Gasteiger partial charge in [-0.2, -0.15) is 0 Å². The van der Waals surface area contributed by atoms with E-state index in [4.69, 9.17) is 0 Å². The zero-order chi connectivity index (χ0) is 14.6. The summed E-state index contributed by atoms with van der Waals surface area (Å²) in [7, 11) is 0. The van der Waals surface area contributed by atoms with Gasteiger partial charge in [0.25, 0.3) is 5.91 Å². The van der Waals surface area contributed by atoms with Gasteiger partial charge in [-0.05, 0) is 18.6 Å². The molecule has 0 unspecified atom stereocenters. The van der Waals surface area contributed by atoms with Crippen LogP contribution in [0.1, 0.15) is 36.0 Å². The molecule has 0 radical (unpaired) electrons. The quantitative estimate of drug-likeness (QED) is 0.833. The fourth-order valence-corrected chi connectivity index (χ4v) is 2.30. The molecule has 1 aromatic heterocycles. The molecule has 0 aliphatic carbocycles. The Hall–Kier alpha value is -1.62. The van der Waals surface area contributed by atoms with Crippen LogP contribution in [-0.4, -0.2) is 18.4 Å². The SMILES string of the molecule is C=CCNC(=O)c1sc(NC(=O)C(C)(C)C)cc1C. The number of hydrogen-bond acceptors (Lipinski definition) is 3. The highest BCUT2D eigenvalue weighted by Gasteiger charge is 2.22. The van der Waals surface area contributed by atoms with Crippen LogP contribution in [0.25, 0.3) is 0 Å². The van der Waals surface area contributed by atoms with E-state index >= 15 is 0 Å². The Bertz CT molecular complexity index is 498. The van der Waals surface area contributed by atoms with Crippen LogP contribution in [0.5, 0.6) is 0 Å². The van der Waals surface area contributed by atoms with E-state index in [1.807, 2.05) is 33.8 Å². The molecule has 0 fully saturated rings. The van der Waals surface area contributed by atoms with Crippen LogP contribution in [0.15, 0.2) is 18.7 Å². The Morgan fingerprint density at radius 3 is 2.58 bits per heavy atom. The molecule has 0 saturated carbocycles. The van der Waals surface area contributed by atoms with Gasteiger partial charge in [0.15, 0.2) is 0 Å². The molecule has 5 heteroatoms. The first-order valence-electron chi connectivity index (χ1n) is 6.06. The van der Waals surface area contributed by atoms with Crippen molar-refractivity contribution in [1.82, 2.24) is 5.32 Å². The van der Waals surface area contributed by atoms with Crippen molar-refractivity contribution in [2.45, 2.75) is 27.7 Å². The number of carbonyl (C=O) groups excluding carboxylic acids is 2. The van der Waals surface area contributed by atoms with Crippen molar-refractivity contribution in [3.63, 3.8) is 0 Å². The number of hydrogen-bond donors (Lipinski definition) is 2. The second-order valence-electron chi connectivity index (χ2n) is 5.33. The molecule has 1 rings (SSSR count). The maximum atomic E-state index is 11.9. The minimum absolute atomic E-state index is 0.0631. The third-order valence-corrected chi connectivity index (χ3v) is 3.60. The lowest BCUT2D eigenvalue weighted by Crippen LogP contribution is -2.27. The van der Waals surface area contributed by atoms with E-state index in [2.05, 4.69) is 17.2 Å². The highest BCUT2D eigenvalue weighted by atomic mass is 32.1. The van der Waals surface area contributed by atoms with Gasteiger partial charge in [0, 0.05) is 12.0 Å². The van der Waals surface area contributed by atoms with Crippen molar-refractivity contribution >= 4 is 28.2 Å². The molecule has 0 aliphatic heterocycles. The summed E-state index contributed by atoms with van der Waals surface area (Å²) in [6, 6.07) is 1.82. The van der Waals surface area contributed by atoms with Gasteiger partial charge in [-0.15, -0.1) is 17.9 Å². The Labute approximate surface area is 117 Å². The highest BCUT2D eigenvalue weighted by Crippen LogP contribution is 2.28. The Morgan fingerprint density at radius 1 is 1.42 bits per heavy atom. The second kappa shape index (κ2) is 6.02. The van der Waals surface area contributed by atoms with Crippen molar-refractivity contribution in [2.24, 2.45) is 5.41 Å². The minimum Gasteiger partial charge on any atom is -0.348 e. The van der Waals surface area contributed by atoms with E-state index in [1.54, 1.807) is 6.08 Å². The maximum absolute atomic E-state index is 11.9. The molecule has 104 valence electrons. The highest BCUT2D eigenvalue weighted by molar-refractivity contribution is 7.18. The summed E-state index contributed by atoms with van der Waals surface area (Å²) in [6.45, 7) is 11.4. The van der Waals surface area contributed by atoms with E-state index < -0.39 is 5.41 Å². The second-order valence-corrected chi connectivity index (χ2v) is 6.38. The number of nitrogens with one attached hydrogen (secondary N) is 2. The standard InChI is InChI=1S/C14H20N2O2S/c1-6-7-15-12(17)11-9(2)8-10(19-11)16-13(18)14(3,4)5/h6,8H,1,7H2,2-5H3,(H,15,17)(H,16,18). The van der Waals surface area contributed by atoms with E-state index in [9.17, 15) is 9.59 Å². The Kier molecular flexibility index (Phi) is 4.89. The smallest absolute Gasteiger partial charge is 0.261 e. The molecule has 0 aromatic carbocycles. The molecule has 19 heavy (non-hydrogen) atoms. The first-order valence-corrected chi connectivity index (χ1v) is 6.88. The fraction of sp³-hybridized carbons (Fsp3) is 0.429. The molecule has 1 heterocycles. The van der Waals surface area contributed by atoms with Crippen LogP contribution >= 0.6 is 11.3 Å². The number of carbonyl (C=O) groups is 2. The normalized spacial score (nSPS) is 10.9. The summed E-state index contributed by atoms with van der Waals surface area (Å²) in [5.41, 5.74) is 0.402. The monoisotopic (exact) mass is 280 g/mol. The third kappa shape index (κ3) is 4.21. The first-order chi connectivity index (χ1) is 8.75. The van der Waals surface area contributed by atoms with Crippen molar-refractivity contribution in [2.75, 3.05) is 11.9 Å². The van der Waals surface area contributed by atoms with Crippen molar-refractivity contribution < 1.29 is 9.59 Å². The molecule has 0 spiro atoms. The van der Waals surface area contributed by atoms with Crippen LogP contribution in [0, 0.1) is 12.3 Å². The zero-order valence-corrected chi connectivity index (χ0v) is 12.6. The van der Waals surface area contributed by atoms with Crippen molar-refractivity contribution in [3.05, 3.63) is 29.2 Å². The number of thiophene rings is 1. The van der Waals surface area contributed by atoms with E-state index in [0.717, 1.165) is 5.56 Å². The maximum Gasteiger partial charge on any atom is 0.261 e. The molecular formula is C14H20N2O2S. The van der Waals surface area contributed by atoms with Crippen molar-refractivity contribution in [3.8, 4) is 0 Å². The van der Waals surface area contributed by atoms with Crippen LogP contribution < -0.4 is 10.6 Å². The minimum atomic E-state index is -0.455. The third-order valence-electron chi connectivity index (χ3n) is 2.45. The predicted molar refractivity (Wildman–Crippen MR) is 79.7 cm³/mol. The number of aryl methyl sites for hydroxylation is 1. The molecule has 2 N–H and O–H groups in total. The largest absolute Gasteiger partial charge is 0.348 e. The topological polar surface area (TPSA) is 58.2 Å². The van der Waals surface area contributed by atoms with E-state index in [-0.39, 0.29) is 11.8 Å². The number of anilines is 1. The lowest BCUT2D eigenvalue weighted by molar-refractivity contribution is -0.123. The van der Waals surface area contributed by atoms with Gasteiger partial charge in [-0.25, -0.2) is 0 Å². The van der Waals surface area contributed by atoms with Crippen LogP contribution in [-0.2, 0) is 4.79 Å². The molecule has 0 saturated heterocycles. The molecular weight excluding hydrogens is 260 g/mol. The average molecular weight is 280 g/mol. The number of amides is 2. The molecule has 0 bridgehead atoms. The van der Waals surface area contributed by atoms with Crippen LogP contribution in [0.4, 0.5) is 5.00 Å². The summed E-state index contributed by atoms with van der Waals surface area (Å²) in [5.74, 6) is -0.203. The van der Waals surface area contributed by atoms with Gasteiger partial charge >= 0.3 is 0 Å². The molecule has 2 amide bonds. The zero-order valence-electron chi connectivity index (χ0n) is 11.8. The summed E-state index contributed by atoms with van der Waals surface area (Å²) in [6.07, 6.45) is 1.63. The summed E-state index contributed by atoms with van der Waals surface area (Å²) < 4.78 is 0. The van der Waals surface area contributed by atoms with Gasteiger partial charge in [0.1, 0.15) is 0 Å². The van der Waals surface area contributed by atoms with Crippen LogP contribution in [0.2, 0.25) is 0 Å². The van der Waals surface area contributed by atoms with E-state index in [0.29, 0.717) is 16.4 Å². The van der Waals surface area contributed by atoms with Gasteiger partial charge in [-0.1, -0.05) is 26.8 Å². The first kappa shape index (κ1) is 15.4. The lowest BCUT2D eigenvalue weighted by Gasteiger charge is -2.16. The van der Waals surface area contributed by atoms with Crippen molar-refractivity contribution in [1.29, 1.82) is 0 Å². The summed E-state index contributed by atoms with van der Waals surface area (Å²) >= 11 is 1.28. The summed E-state index contributed by atoms with van der Waals surface area (Å²) in [5, 5.41) is 6.26. The van der Waals surface area contributed by atoms with Gasteiger partial charge < -0.3 is 10.6 Å². The molecule has 1 aromatic rings. The molecule has 4 nitrogen and oxygen atoms in total. The molecule has 0 aliphatic rings. The van der Waals surface area contributed by atoms with E-state index in [1.165, 1.54) is 11.3 Å². The Balaban J connectivity index is 2.82. The Morgan fingerprint density at radius 2 is 2.05 bits per heavy atom. The molecule has 0 atom stereocenters. The van der Waals surface area contributed by atoms with Gasteiger partial charge in [0.2, 0.25) is 5.91 Å². The fourth-order valence-electron chi connectivity index (χ4n) is 1.31. The van der Waals surface area contributed by atoms with Crippen LogP contribution in [0.3, 0.4) is 0 Å². The predicted octanol–water partition coefficient (Wildman–Crippen LogP) is 2.96. The average Bonchev–Trinajstić information content (AvgIpc) is 2.66. The van der Waals surface area contributed by atoms with Gasteiger partial charge in [0.05, 0.1) is 9.88 Å².